The zero-order valence-electron chi connectivity index (χ0n) is 13.5. The number of pyridine rings is 1. The van der Waals surface area contributed by atoms with Crippen molar-refractivity contribution < 1.29 is 0 Å². The Morgan fingerprint density at radius 2 is 2.12 bits per heavy atom. The summed E-state index contributed by atoms with van der Waals surface area (Å²) in [7, 11) is 0. The molecule has 26 heavy (non-hydrogen) atoms. The summed E-state index contributed by atoms with van der Waals surface area (Å²) in [5.41, 5.74) is 13.7. The molecule has 10 heteroatoms. The Hall–Kier alpha value is -2.95. The average Bonchev–Trinajstić information content (AvgIpc) is 2.61. The lowest BCUT2D eigenvalue weighted by molar-refractivity contribution is 0.844. The molecule has 1 aromatic heterocycles. The van der Waals surface area contributed by atoms with Crippen LogP contribution in [-0.4, -0.2) is 17.2 Å². The number of aliphatic imine (C=N–C) groups is 1. The zero-order chi connectivity index (χ0) is 18.8. The van der Waals surface area contributed by atoms with Gasteiger partial charge in [-0.2, -0.15) is 10.5 Å². The van der Waals surface area contributed by atoms with Gasteiger partial charge in [-0.1, -0.05) is 6.07 Å². The highest BCUT2D eigenvalue weighted by atomic mass is 79.9. The summed E-state index contributed by atoms with van der Waals surface area (Å²) in [5, 5.41) is 23.6. The van der Waals surface area contributed by atoms with Gasteiger partial charge in [0.15, 0.2) is 6.19 Å². The van der Waals surface area contributed by atoms with Crippen LogP contribution in [0.25, 0.3) is 0 Å². The van der Waals surface area contributed by atoms with Crippen LogP contribution in [0.15, 0.2) is 32.6 Å². The molecule has 3 rings (SSSR count). The second-order valence-electron chi connectivity index (χ2n) is 5.30. The molecule has 2 heterocycles. The standard InChI is InChI=1S/C16H13BrN8S/c1-26-10-3-2-7(4-9(10)17)13-11-12(20)8(5-18)14(21)24-15(11)25-16(23-13)22-6-19/h2-4,13H,1H3,(H6,20,21,22,23,24,25). The number of nitrogen functional groups attached to an aromatic ring is 2. The first-order valence-electron chi connectivity index (χ1n) is 7.32. The number of rotatable bonds is 2. The molecule has 2 aromatic rings. The fraction of sp³-hybridized carbons (Fsp3) is 0.125. The topological polar surface area (TPSA) is 149 Å². The maximum Gasteiger partial charge on any atom is 0.211 e. The highest BCUT2D eigenvalue weighted by Crippen LogP contribution is 2.41. The Morgan fingerprint density at radius 1 is 1.35 bits per heavy atom. The third-order valence-corrected chi connectivity index (χ3v) is 5.56. The van der Waals surface area contributed by atoms with Crippen LogP contribution in [-0.2, 0) is 0 Å². The number of thioether (sulfide) groups is 1. The van der Waals surface area contributed by atoms with E-state index in [4.69, 9.17) is 16.7 Å². The fourth-order valence-electron chi connectivity index (χ4n) is 2.67. The van der Waals surface area contributed by atoms with E-state index in [9.17, 15) is 5.26 Å². The number of halogens is 1. The predicted molar refractivity (Wildman–Crippen MR) is 105 cm³/mol. The largest absolute Gasteiger partial charge is 0.397 e. The number of aromatic nitrogens is 1. The number of hydrogen-bond acceptors (Lipinski definition) is 9. The van der Waals surface area contributed by atoms with Crippen LogP contribution in [0.1, 0.15) is 22.7 Å². The zero-order valence-corrected chi connectivity index (χ0v) is 15.9. The van der Waals surface area contributed by atoms with Crippen molar-refractivity contribution >= 4 is 51.0 Å². The quantitative estimate of drug-likeness (QED) is 0.323. The summed E-state index contributed by atoms with van der Waals surface area (Å²) >= 11 is 5.16. The molecule has 130 valence electrons. The second kappa shape index (κ2) is 7.12. The summed E-state index contributed by atoms with van der Waals surface area (Å²) < 4.78 is 0.912. The SMILES string of the molecule is CSc1ccc(C2N=C(NC#N)Nc3nc(N)c(C#N)c(N)c32)cc1Br. The molecule has 1 aliphatic heterocycles. The van der Waals surface area contributed by atoms with Gasteiger partial charge in [0.1, 0.15) is 29.3 Å². The molecule has 0 amide bonds. The Bertz CT molecular complexity index is 1000. The van der Waals surface area contributed by atoms with Gasteiger partial charge in [-0.25, -0.2) is 9.98 Å². The van der Waals surface area contributed by atoms with Crippen LogP contribution in [0.3, 0.4) is 0 Å². The number of nitrogens with two attached hydrogens (primary N) is 2. The summed E-state index contributed by atoms with van der Waals surface area (Å²) in [6.45, 7) is 0. The first-order chi connectivity index (χ1) is 12.5. The van der Waals surface area contributed by atoms with Crippen LogP contribution in [0.4, 0.5) is 17.3 Å². The van der Waals surface area contributed by atoms with Crippen LogP contribution in [0.5, 0.6) is 0 Å². The number of nitrogens with one attached hydrogen (secondary N) is 2. The molecule has 0 saturated carbocycles. The molecular weight excluding hydrogens is 416 g/mol. The second-order valence-corrected chi connectivity index (χ2v) is 7.00. The molecule has 0 spiro atoms. The molecule has 6 N–H and O–H groups in total. The Morgan fingerprint density at radius 3 is 2.73 bits per heavy atom. The van der Waals surface area contributed by atoms with Gasteiger partial charge in [-0.3, -0.25) is 5.32 Å². The van der Waals surface area contributed by atoms with Crippen molar-refractivity contribution in [3.8, 4) is 12.3 Å². The highest BCUT2D eigenvalue weighted by Gasteiger charge is 2.29. The number of fused-ring (bicyclic) bond motifs is 1. The monoisotopic (exact) mass is 428 g/mol. The van der Waals surface area contributed by atoms with E-state index in [1.165, 1.54) is 0 Å². The first-order valence-corrected chi connectivity index (χ1v) is 9.34. The van der Waals surface area contributed by atoms with Gasteiger partial charge in [0, 0.05) is 14.9 Å². The number of nitriles is 2. The van der Waals surface area contributed by atoms with E-state index in [1.807, 2.05) is 36.7 Å². The smallest absolute Gasteiger partial charge is 0.211 e. The van der Waals surface area contributed by atoms with Crippen LogP contribution < -0.4 is 22.1 Å². The lowest BCUT2D eigenvalue weighted by Gasteiger charge is -2.26. The van der Waals surface area contributed by atoms with Gasteiger partial charge in [0.2, 0.25) is 5.96 Å². The van der Waals surface area contributed by atoms with Gasteiger partial charge in [-0.15, -0.1) is 11.8 Å². The summed E-state index contributed by atoms with van der Waals surface area (Å²) in [6, 6.07) is 7.25. The molecule has 1 aliphatic rings. The highest BCUT2D eigenvalue weighted by molar-refractivity contribution is 9.10. The van der Waals surface area contributed by atoms with Crippen molar-refractivity contribution in [1.82, 2.24) is 10.3 Å². The average molecular weight is 429 g/mol. The molecule has 1 unspecified atom stereocenters. The van der Waals surface area contributed by atoms with Crippen molar-refractivity contribution in [3.63, 3.8) is 0 Å². The van der Waals surface area contributed by atoms with Gasteiger partial charge in [-0.05, 0) is 39.9 Å². The minimum Gasteiger partial charge on any atom is -0.397 e. The number of hydrogen-bond donors (Lipinski definition) is 4. The predicted octanol–water partition coefficient (Wildman–Crippen LogP) is 2.54. The molecule has 0 saturated heterocycles. The molecule has 8 nitrogen and oxygen atoms in total. The van der Waals surface area contributed by atoms with E-state index in [-0.39, 0.29) is 23.0 Å². The van der Waals surface area contributed by atoms with Crippen molar-refractivity contribution in [2.45, 2.75) is 10.9 Å². The number of anilines is 3. The fourth-order valence-corrected chi connectivity index (χ4v) is 4.01. The minimum atomic E-state index is -0.547. The van der Waals surface area contributed by atoms with E-state index < -0.39 is 6.04 Å². The van der Waals surface area contributed by atoms with E-state index in [0.717, 1.165) is 14.9 Å². The van der Waals surface area contributed by atoms with Gasteiger partial charge < -0.3 is 16.8 Å². The lowest BCUT2D eigenvalue weighted by Crippen LogP contribution is -2.32. The number of guanidine groups is 1. The van der Waals surface area contributed by atoms with Crippen molar-refractivity contribution in [2.75, 3.05) is 23.0 Å². The van der Waals surface area contributed by atoms with Gasteiger partial charge in [0.25, 0.3) is 0 Å². The Balaban J connectivity index is 2.23. The maximum atomic E-state index is 9.33. The van der Waals surface area contributed by atoms with E-state index >= 15 is 0 Å². The molecule has 0 radical (unpaired) electrons. The molecular formula is C16H13BrN8S. The van der Waals surface area contributed by atoms with Crippen LogP contribution in [0.2, 0.25) is 0 Å². The third-order valence-electron chi connectivity index (χ3n) is 3.85. The van der Waals surface area contributed by atoms with Crippen molar-refractivity contribution in [3.05, 3.63) is 39.4 Å². The molecule has 1 aromatic carbocycles. The molecule has 1 atom stereocenters. The van der Waals surface area contributed by atoms with Crippen LogP contribution >= 0.6 is 27.7 Å². The first kappa shape index (κ1) is 17.9. The number of benzene rings is 1. The Kier molecular flexibility index (Phi) is 4.89. The third kappa shape index (κ3) is 3.01. The maximum absolute atomic E-state index is 9.33. The lowest BCUT2D eigenvalue weighted by atomic mass is 9.95. The summed E-state index contributed by atoms with van der Waals surface area (Å²) in [5.74, 6) is 0.611. The minimum absolute atomic E-state index is 0.0205. The Labute approximate surface area is 162 Å². The molecule has 0 aliphatic carbocycles. The van der Waals surface area contributed by atoms with Gasteiger partial charge >= 0.3 is 0 Å². The molecule has 0 bridgehead atoms. The van der Waals surface area contributed by atoms with Crippen molar-refractivity contribution in [2.24, 2.45) is 4.99 Å². The van der Waals surface area contributed by atoms with E-state index in [1.54, 1.807) is 11.8 Å². The number of nitrogens with zero attached hydrogens (tertiary/aromatic N) is 4. The van der Waals surface area contributed by atoms with Gasteiger partial charge in [0.05, 0.1) is 5.69 Å². The molecule has 0 fully saturated rings. The van der Waals surface area contributed by atoms with E-state index in [0.29, 0.717) is 11.4 Å². The van der Waals surface area contributed by atoms with Crippen molar-refractivity contribution in [1.29, 1.82) is 10.5 Å². The summed E-state index contributed by atoms with van der Waals surface area (Å²) in [4.78, 5) is 9.82. The normalized spacial score (nSPS) is 15.1. The summed E-state index contributed by atoms with van der Waals surface area (Å²) in [6.07, 6.45) is 3.81. The van der Waals surface area contributed by atoms with E-state index in [2.05, 4.69) is 36.5 Å². The van der Waals surface area contributed by atoms with Crippen LogP contribution in [0, 0.1) is 22.8 Å².